The van der Waals surface area contributed by atoms with E-state index in [0.29, 0.717) is 18.9 Å². The molecule has 0 bridgehead atoms. The molecule has 5 heteroatoms. The van der Waals surface area contributed by atoms with E-state index in [1.165, 1.54) is 0 Å². The number of anilines is 1. The van der Waals surface area contributed by atoms with Gasteiger partial charge in [-0.25, -0.2) is 0 Å². The zero-order valence-electron chi connectivity index (χ0n) is 12.5. The third-order valence-electron chi connectivity index (χ3n) is 3.00. The van der Waals surface area contributed by atoms with Crippen molar-refractivity contribution in [1.29, 1.82) is 0 Å². The molecular weight excluding hydrogens is 268 g/mol. The van der Waals surface area contributed by atoms with Crippen LogP contribution in [0, 0.1) is 0 Å². The number of hydrogen-bond donors (Lipinski definition) is 2. The fourth-order valence-corrected chi connectivity index (χ4v) is 1.81. The average Bonchev–Trinajstić information content (AvgIpc) is 2.94. The van der Waals surface area contributed by atoms with Crippen molar-refractivity contribution in [3.8, 4) is 5.75 Å². The number of aliphatic hydroxyl groups is 1. The first-order valence-electron chi connectivity index (χ1n) is 6.97. The zero-order valence-corrected chi connectivity index (χ0v) is 12.5. The predicted octanol–water partition coefficient (Wildman–Crippen LogP) is 2.32. The van der Waals surface area contributed by atoms with Gasteiger partial charge in [-0.15, -0.1) is 0 Å². The Morgan fingerprint density at radius 2 is 1.81 bits per heavy atom. The summed E-state index contributed by atoms with van der Waals surface area (Å²) in [6.07, 6.45) is 0. The van der Waals surface area contributed by atoms with Crippen LogP contribution in [0.5, 0.6) is 5.75 Å². The van der Waals surface area contributed by atoms with Crippen LogP contribution in [-0.4, -0.2) is 37.3 Å². The van der Waals surface area contributed by atoms with Gasteiger partial charge in [0.05, 0.1) is 6.54 Å². The van der Waals surface area contributed by atoms with Crippen molar-refractivity contribution in [1.82, 2.24) is 4.90 Å². The van der Waals surface area contributed by atoms with E-state index in [1.807, 2.05) is 44.4 Å². The number of likely N-dealkylation sites (N-methyl/N-ethyl adjacent to an activating group) is 1. The van der Waals surface area contributed by atoms with Crippen molar-refractivity contribution in [3.63, 3.8) is 0 Å². The molecular formula is C16H22N2O3. The van der Waals surface area contributed by atoms with Crippen molar-refractivity contribution in [3.05, 3.63) is 47.9 Å². The molecule has 0 unspecified atom stereocenters. The van der Waals surface area contributed by atoms with Crippen LogP contribution in [-0.2, 0) is 13.2 Å². The maximum absolute atomic E-state index is 8.94. The van der Waals surface area contributed by atoms with Gasteiger partial charge in [0.2, 0.25) is 0 Å². The molecule has 0 radical (unpaired) electrons. The van der Waals surface area contributed by atoms with Gasteiger partial charge in [-0.1, -0.05) is 0 Å². The molecule has 1 aromatic carbocycles. The van der Waals surface area contributed by atoms with Crippen LogP contribution >= 0.6 is 0 Å². The van der Waals surface area contributed by atoms with E-state index in [4.69, 9.17) is 14.3 Å². The smallest absolute Gasteiger partial charge is 0.129 e. The molecule has 5 nitrogen and oxygen atoms in total. The topological polar surface area (TPSA) is 57.9 Å². The predicted molar refractivity (Wildman–Crippen MR) is 82.4 cm³/mol. The molecule has 114 valence electrons. The highest BCUT2D eigenvalue weighted by Crippen LogP contribution is 2.17. The molecule has 2 aromatic rings. The maximum atomic E-state index is 8.94. The summed E-state index contributed by atoms with van der Waals surface area (Å²) in [5.74, 6) is 2.24. The van der Waals surface area contributed by atoms with E-state index in [9.17, 15) is 0 Å². The number of hydrogen-bond acceptors (Lipinski definition) is 5. The Labute approximate surface area is 125 Å². The summed E-state index contributed by atoms with van der Waals surface area (Å²) < 4.78 is 11.0. The lowest BCUT2D eigenvalue weighted by molar-refractivity contribution is 0.244. The Bertz CT molecular complexity index is 535. The number of benzene rings is 1. The summed E-state index contributed by atoms with van der Waals surface area (Å²) in [6.45, 7) is 2.08. The van der Waals surface area contributed by atoms with Gasteiger partial charge in [0, 0.05) is 12.2 Å². The molecule has 0 aliphatic heterocycles. The second-order valence-electron chi connectivity index (χ2n) is 5.06. The van der Waals surface area contributed by atoms with E-state index in [-0.39, 0.29) is 6.61 Å². The third kappa shape index (κ3) is 5.13. The van der Waals surface area contributed by atoms with Gasteiger partial charge in [-0.3, -0.25) is 0 Å². The van der Waals surface area contributed by atoms with Crippen LogP contribution in [0.4, 0.5) is 5.69 Å². The SMILES string of the molecule is CN(C)CCOc1ccc(NCc2ccc(CO)o2)cc1. The van der Waals surface area contributed by atoms with E-state index in [1.54, 1.807) is 6.07 Å². The summed E-state index contributed by atoms with van der Waals surface area (Å²) in [6, 6.07) is 11.5. The standard InChI is InChI=1S/C16H22N2O3/c1-18(2)9-10-20-14-5-3-13(4-6-14)17-11-15-7-8-16(12-19)21-15/h3-8,17,19H,9-12H2,1-2H3. The fourth-order valence-electron chi connectivity index (χ4n) is 1.81. The molecule has 0 aliphatic carbocycles. The fraction of sp³-hybridized carbons (Fsp3) is 0.375. The number of nitrogens with one attached hydrogen (secondary N) is 1. The monoisotopic (exact) mass is 290 g/mol. The van der Waals surface area contributed by atoms with Gasteiger partial charge in [0.15, 0.2) is 0 Å². The molecule has 0 amide bonds. The summed E-state index contributed by atoms with van der Waals surface area (Å²) in [4.78, 5) is 2.08. The number of nitrogens with zero attached hydrogens (tertiary/aromatic N) is 1. The Hall–Kier alpha value is -1.98. The second-order valence-corrected chi connectivity index (χ2v) is 5.06. The average molecular weight is 290 g/mol. The number of furan rings is 1. The molecule has 1 aromatic heterocycles. The third-order valence-corrected chi connectivity index (χ3v) is 3.00. The first kappa shape index (κ1) is 15.4. The zero-order chi connectivity index (χ0) is 15.1. The minimum Gasteiger partial charge on any atom is -0.492 e. The lowest BCUT2D eigenvalue weighted by Crippen LogP contribution is -2.19. The van der Waals surface area contributed by atoms with Crippen molar-refractivity contribution in [2.75, 3.05) is 32.6 Å². The molecule has 1 heterocycles. The molecule has 0 saturated heterocycles. The van der Waals surface area contributed by atoms with Crippen LogP contribution in [0.25, 0.3) is 0 Å². The van der Waals surface area contributed by atoms with Crippen molar-refractivity contribution < 1.29 is 14.3 Å². The Morgan fingerprint density at radius 1 is 1.10 bits per heavy atom. The van der Waals surface area contributed by atoms with Crippen molar-refractivity contribution in [2.45, 2.75) is 13.2 Å². The molecule has 2 N–H and O–H groups in total. The van der Waals surface area contributed by atoms with Crippen LogP contribution in [0.1, 0.15) is 11.5 Å². The minimum atomic E-state index is -0.0705. The summed E-state index contributed by atoms with van der Waals surface area (Å²) in [5, 5.41) is 12.2. The normalized spacial score (nSPS) is 10.9. The maximum Gasteiger partial charge on any atom is 0.129 e. The summed E-state index contributed by atoms with van der Waals surface area (Å²) in [5.41, 5.74) is 0.997. The van der Waals surface area contributed by atoms with Gasteiger partial charge >= 0.3 is 0 Å². The first-order valence-corrected chi connectivity index (χ1v) is 6.97. The van der Waals surface area contributed by atoms with E-state index >= 15 is 0 Å². The van der Waals surface area contributed by atoms with Gasteiger partial charge in [0.25, 0.3) is 0 Å². The van der Waals surface area contributed by atoms with Gasteiger partial charge in [-0.05, 0) is 50.5 Å². The highest BCUT2D eigenvalue weighted by atomic mass is 16.5. The highest BCUT2D eigenvalue weighted by molar-refractivity contribution is 5.46. The number of aliphatic hydroxyl groups excluding tert-OH is 1. The van der Waals surface area contributed by atoms with E-state index in [0.717, 1.165) is 23.7 Å². The summed E-state index contributed by atoms with van der Waals surface area (Å²) in [7, 11) is 4.04. The largest absolute Gasteiger partial charge is 0.492 e. The molecule has 0 atom stereocenters. The lowest BCUT2D eigenvalue weighted by atomic mass is 10.3. The van der Waals surface area contributed by atoms with Crippen LogP contribution in [0.2, 0.25) is 0 Å². The summed E-state index contributed by atoms with van der Waals surface area (Å²) >= 11 is 0. The Balaban J connectivity index is 1.79. The Morgan fingerprint density at radius 3 is 2.43 bits per heavy atom. The number of rotatable bonds is 8. The van der Waals surface area contributed by atoms with Crippen LogP contribution in [0.15, 0.2) is 40.8 Å². The van der Waals surface area contributed by atoms with Crippen LogP contribution < -0.4 is 10.1 Å². The van der Waals surface area contributed by atoms with Crippen molar-refractivity contribution >= 4 is 5.69 Å². The first-order chi connectivity index (χ1) is 10.2. The lowest BCUT2D eigenvalue weighted by Gasteiger charge is -2.11. The second kappa shape index (κ2) is 7.71. The van der Waals surface area contributed by atoms with Gasteiger partial charge in [0.1, 0.15) is 30.5 Å². The minimum absolute atomic E-state index is 0.0705. The molecule has 0 spiro atoms. The molecule has 0 fully saturated rings. The molecule has 0 aliphatic rings. The van der Waals surface area contributed by atoms with E-state index < -0.39 is 0 Å². The van der Waals surface area contributed by atoms with Crippen molar-refractivity contribution in [2.24, 2.45) is 0 Å². The Kier molecular flexibility index (Phi) is 5.66. The molecule has 2 rings (SSSR count). The molecule has 0 saturated carbocycles. The molecule has 21 heavy (non-hydrogen) atoms. The van der Waals surface area contributed by atoms with E-state index in [2.05, 4.69) is 10.2 Å². The quantitative estimate of drug-likeness (QED) is 0.781. The number of ether oxygens (including phenoxy) is 1. The van der Waals surface area contributed by atoms with Crippen LogP contribution in [0.3, 0.4) is 0 Å². The van der Waals surface area contributed by atoms with Gasteiger partial charge in [-0.2, -0.15) is 0 Å². The van der Waals surface area contributed by atoms with Gasteiger partial charge < -0.3 is 24.5 Å². The highest BCUT2D eigenvalue weighted by Gasteiger charge is 2.01.